The third-order valence-corrected chi connectivity index (χ3v) is 3.65. The smallest absolute Gasteiger partial charge is 0.335 e. The van der Waals surface area contributed by atoms with Crippen molar-refractivity contribution >= 4 is 11.8 Å². The Balaban J connectivity index is 2.02. The Hall–Kier alpha value is -3.20. The quantitative estimate of drug-likeness (QED) is 0.732. The average molecular weight is 302 g/mol. The van der Waals surface area contributed by atoms with Crippen molar-refractivity contribution in [1.82, 2.24) is 0 Å². The van der Waals surface area contributed by atoms with Gasteiger partial charge in [-0.15, -0.1) is 0 Å². The van der Waals surface area contributed by atoms with Crippen LogP contribution in [0.5, 0.6) is 0 Å². The van der Waals surface area contributed by atoms with Crippen molar-refractivity contribution < 1.29 is 14.7 Å². The van der Waals surface area contributed by atoms with E-state index in [4.69, 9.17) is 5.11 Å². The van der Waals surface area contributed by atoms with Crippen LogP contribution in [0.3, 0.4) is 0 Å². The third-order valence-electron chi connectivity index (χ3n) is 3.65. The summed E-state index contributed by atoms with van der Waals surface area (Å²) in [5, 5.41) is 8.94. The Morgan fingerprint density at radius 2 is 1.22 bits per heavy atom. The zero-order valence-electron chi connectivity index (χ0n) is 12.3. The Labute approximate surface area is 133 Å². The summed E-state index contributed by atoms with van der Waals surface area (Å²) >= 11 is 0. The van der Waals surface area contributed by atoms with Crippen molar-refractivity contribution in [3.05, 3.63) is 95.6 Å². The van der Waals surface area contributed by atoms with E-state index >= 15 is 0 Å². The Morgan fingerprint density at radius 3 is 1.87 bits per heavy atom. The van der Waals surface area contributed by atoms with Gasteiger partial charge in [-0.05, 0) is 23.3 Å². The van der Waals surface area contributed by atoms with Crippen LogP contribution in [0.15, 0.2) is 78.9 Å². The predicted octanol–water partition coefficient (Wildman–Crippen LogP) is 4.28. The summed E-state index contributed by atoms with van der Waals surface area (Å²) in [5.41, 5.74) is 3.07. The van der Waals surface area contributed by atoms with Gasteiger partial charge in [0.1, 0.15) is 0 Å². The van der Waals surface area contributed by atoms with E-state index in [1.165, 1.54) is 12.1 Å². The van der Waals surface area contributed by atoms with Gasteiger partial charge in [-0.1, -0.05) is 66.7 Å². The van der Waals surface area contributed by atoms with Crippen LogP contribution in [0.1, 0.15) is 26.3 Å². The first-order chi connectivity index (χ1) is 11.2. The fourth-order valence-electron chi connectivity index (χ4n) is 2.47. The first-order valence-corrected chi connectivity index (χ1v) is 7.19. The fourth-order valence-corrected chi connectivity index (χ4v) is 2.47. The zero-order chi connectivity index (χ0) is 16.2. The molecule has 0 fully saturated rings. The molecule has 112 valence electrons. The highest BCUT2D eigenvalue weighted by Crippen LogP contribution is 2.25. The molecule has 0 atom stereocenters. The van der Waals surface area contributed by atoms with E-state index in [-0.39, 0.29) is 11.3 Å². The van der Waals surface area contributed by atoms with Crippen LogP contribution >= 0.6 is 0 Å². The summed E-state index contributed by atoms with van der Waals surface area (Å²) in [6.45, 7) is 0. The topological polar surface area (TPSA) is 54.4 Å². The predicted molar refractivity (Wildman–Crippen MR) is 88.7 cm³/mol. The maximum absolute atomic E-state index is 12.8. The molecule has 3 rings (SSSR count). The fraction of sp³-hybridized carbons (Fsp3) is 0. The third kappa shape index (κ3) is 3.04. The Kier molecular flexibility index (Phi) is 4.02. The van der Waals surface area contributed by atoms with Gasteiger partial charge in [0, 0.05) is 11.1 Å². The highest BCUT2D eigenvalue weighted by atomic mass is 16.4. The lowest BCUT2D eigenvalue weighted by molar-refractivity contribution is 0.0696. The summed E-state index contributed by atoms with van der Waals surface area (Å²) in [4.78, 5) is 23.7. The molecule has 0 radical (unpaired) electrons. The molecule has 0 aliphatic rings. The van der Waals surface area contributed by atoms with Crippen LogP contribution in [0.25, 0.3) is 11.1 Å². The maximum Gasteiger partial charge on any atom is 0.335 e. The number of carboxylic acid groups (broad SMARTS) is 1. The van der Waals surface area contributed by atoms with Crippen molar-refractivity contribution in [2.24, 2.45) is 0 Å². The Morgan fingerprint density at radius 1 is 0.652 bits per heavy atom. The summed E-state index contributed by atoms with van der Waals surface area (Å²) in [5.74, 6) is -1.13. The molecule has 0 aromatic heterocycles. The van der Waals surface area contributed by atoms with E-state index in [0.717, 1.165) is 11.1 Å². The van der Waals surface area contributed by atoms with Crippen molar-refractivity contribution in [2.75, 3.05) is 0 Å². The van der Waals surface area contributed by atoms with Gasteiger partial charge in [0.2, 0.25) is 0 Å². The molecule has 0 bridgehead atoms. The van der Waals surface area contributed by atoms with Gasteiger partial charge >= 0.3 is 5.97 Å². The van der Waals surface area contributed by atoms with Crippen LogP contribution < -0.4 is 0 Å². The van der Waals surface area contributed by atoms with Crippen molar-refractivity contribution in [1.29, 1.82) is 0 Å². The summed E-state index contributed by atoms with van der Waals surface area (Å²) in [7, 11) is 0. The standard InChI is InChI=1S/C20H14O3/c21-19(15-10-12-16(13-11-15)20(22)23)18-9-5-4-8-17(18)14-6-2-1-3-7-14/h1-13H,(H,22,23). The first-order valence-electron chi connectivity index (χ1n) is 7.19. The molecule has 0 aliphatic carbocycles. The monoisotopic (exact) mass is 302 g/mol. The van der Waals surface area contributed by atoms with Gasteiger partial charge in [0.25, 0.3) is 0 Å². The Bertz CT molecular complexity index is 850. The van der Waals surface area contributed by atoms with Gasteiger partial charge in [-0.2, -0.15) is 0 Å². The number of carbonyl (C=O) groups excluding carboxylic acids is 1. The van der Waals surface area contributed by atoms with Crippen LogP contribution in [0.4, 0.5) is 0 Å². The number of hydrogen-bond acceptors (Lipinski definition) is 2. The van der Waals surface area contributed by atoms with E-state index in [0.29, 0.717) is 11.1 Å². The molecular weight excluding hydrogens is 288 g/mol. The normalized spacial score (nSPS) is 10.3. The molecule has 0 spiro atoms. The SMILES string of the molecule is O=C(O)c1ccc(C(=O)c2ccccc2-c2ccccc2)cc1. The minimum Gasteiger partial charge on any atom is -0.478 e. The van der Waals surface area contributed by atoms with Gasteiger partial charge in [0.15, 0.2) is 5.78 Å². The molecule has 3 aromatic rings. The molecule has 0 unspecified atom stereocenters. The molecule has 0 heterocycles. The number of carbonyl (C=O) groups is 2. The molecule has 0 saturated carbocycles. The number of hydrogen-bond donors (Lipinski definition) is 1. The van der Waals surface area contributed by atoms with E-state index < -0.39 is 5.97 Å². The first kappa shape index (κ1) is 14.7. The van der Waals surface area contributed by atoms with Gasteiger partial charge in [-0.3, -0.25) is 4.79 Å². The molecule has 3 nitrogen and oxygen atoms in total. The zero-order valence-corrected chi connectivity index (χ0v) is 12.3. The van der Waals surface area contributed by atoms with E-state index in [2.05, 4.69) is 0 Å². The molecule has 3 heteroatoms. The molecule has 0 aliphatic heterocycles. The number of carboxylic acids is 1. The largest absolute Gasteiger partial charge is 0.478 e. The summed E-state index contributed by atoms with van der Waals surface area (Å²) in [6, 6.07) is 23.1. The van der Waals surface area contributed by atoms with Gasteiger partial charge in [0.05, 0.1) is 5.56 Å². The number of benzene rings is 3. The highest BCUT2D eigenvalue weighted by molar-refractivity contribution is 6.13. The molecular formula is C20H14O3. The number of aromatic carboxylic acids is 1. The van der Waals surface area contributed by atoms with Crippen molar-refractivity contribution in [3.8, 4) is 11.1 Å². The molecule has 3 aromatic carbocycles. The van der Waals surface area contributed by atoms with E-state index in [1.54, 1.807) is 18.2 Å². The second-order valence-corrected chi connectivity index (χ2v) is 5.12. The molecule has 1 N–H and O–H groups in total. The van der Waals surface area contributed by atoms with Crippen molar-refractivity contribution in [2.45, 2.75) is 0 Å². The van der Waals surface area contributed by atoms with Gasteiger partial charge in [-0.25, -0.2) is 4.79 Å². The minimum absolute atomic E-state index is 0.124. The second kappa shape index (κ2) is 6.28. The van der Waals surface area contributed by atoms with Crippen molar-refractivity contribution in [3.63, 3.8) is 0 Å². The average Bonchev–Trinajstić information content (AvgIpc) is 2.62. The maximum atomic E-state index is 12.8. The molecule has 0 amide bonds. The van der Waals surface area contributed by atoms with E-state index in [9.17, 15) is 9.59 Å². The highest BCUT2D eigenvalue weighted by Gasteiger charge is 2.14. The summed E-state index contributed by atoms with van der Waals surface area (Å²) < 4.78 is 0. The summed E-state index contributed by atoms with van der Waals surface area (Å²) in [6.07, 6.45) is 0. The number of rotatable bonds is 4. The lowest BCUT2D eigenvalue weighted by Crippen LogP contribution is -2.04. The van der Waals surface area contributed by atoms with Crippen LogP contribution in [0, 0.1) is 0 Å². The number of ketones is 1. The van der Waals surface area contributed by atoms with Crippen LogP contribution in [-0.2, 0) is 0 Å². The molecule has 0 saturated heterocycles. The van der Waals surface area contributed by atoms with Crippen LogP contribution in [0.2, 0.25) is 0 Å². The minimum atomic E-state index is -1.01. The lowest BCUT2D eigenvalue weighted by atomic mass is 9.94. The lowest BCUT2D eigenvalue weighted by Gasteiger charge is -2.09. The second-order valence-electron chi connectivity index (χ2n) is 5.12. The van der Waals surface area contributed by atoms with Crippen LogP contribution in [-0.4, -0.2) is 16.9 Å². The van der Waals surface area contributed by atoms with Gasteiger partial charge < -0.3 is 5.11 Å². The van der Waals surface area contributed by atoms with E-state index in [1.807, 2.05) is 48.5 Å². The molecule has 23 heavy (non-hydrogen) atoms.